The van der Waals surface area contributed by atoms with Crippen molar-refractivity contribution < 1.29 is 0 Å². The van der Waals surface area contributed by atoms with E-state index in [-0.39, 0.29) is 0 Å². The highest BCUT2D eigenvalue weighted by molar-refractivity contribution is 4.78. The molecule has 96 valence electrons. The van der Waals surface area contributed by atoms with Crippen molar-refractivity contribution in [1.82, 2.24) is 10.2 Å². The summed E-state index contributed by atoms with van der Waals surface area (Å²) in [5.74, 6) is 0. The van der Waals surface area contributed by atoms with Gasteiger partial charge in [-0.1, -0.05) is 19.8 Å². The van der Waals surface area contributed by atoms with Crippen LogP contribution in [-0.4, -0.2) is 37.1 Å². The van der Waals surface area contributed by atoms with Gasteiger partial charge in [0.05, 0.1) is 0 Å². The minimum absolute atomic E-state index is 0.756. The van der Waals surface area contributed by atoms with Crippen LogP contribution in [-0.2, 0) is 0 Å². The summed E-state index contributed by atoms with van der Waals surface area (Å²) in [6, 6.07) is 1.63. The highest BCUT2D eigenvalue weighted by atomic mass is 15.2. The van der Waals surface area contributed by atoms with E-state index in [4.69, 9.17) is 0 Å². The molecule has 0 aromatic carbocycles. The standard InChI is InChI=1S/C14H30N2/c1-4-11-15-12-7-8-13(2)16(3)14-9-5-6-10-14/h13-15H,4-12H2,1-3H3. The lowest BCUT2D eigenvalue weighted by Crippen LogP contribution is -2.37. The number of rotatable bonds is 8. The molecular formula is C14H30N2. The Balaban J connectivity index is 2.06. The van der Waals surface area contributed by atoms with Crippen molar-refractivity contribution in [3.8, 4) is 0 Å². The third-order valence-electron chi connectivity index (χ3n) is 4.00. The molecule has 0 heterocycles. The summed E-state index contributed by atoms with van der Waals surface area (Å²) in [5.41, 5.74) is 0. The molecule has 16 heavy (non-hydrogen) atoms. The quantitative estimate of drug-likeness (QED) is 0.640. The van der Waals surface area contributed by atoms with Crippen molar-refractivity contribution >= 4 is 0 Å². The van der Waals surface area contributed by atoms with Gasteiger partial charge in [-0.2, -0.15) is 0 Å². The van der Waals surface area contributed by atoms with Gasteiger partial charge in [-0.3, -0.25) is 0 Å². The molecule has 1 N–H and O–H groups in total. The van der Waals surface area contributed by atoms with Crippen LogP contribution in [0.1, 0.15) is 58.8 Å². The average molecular weight is 226 g/mol. The van der Waals surface area contributed by atoms with Gasteiger partial charge in [-0.05, 0) is 59.2 Å². The Morgan fingerprint density at radius 1 is 1.25 bits per heavy atom. The fraction of sp³-hybridized carbons (Fsp3) is 1.00. The second-order valence-electron chi connectivity index (χ2n) is 5.34. The molecule has 0 saturated heterocycles. The third kappa shape index (κ3) is 4.84. The van der Waals surface area contributed by atoms with Gasteiger partial charge in [-0.25, -0.2) is 0 Å². The molecule has 0 amide bonds. The van der Waals surface area contributed by atoms with Gasteiger partial charge in [0.1, 0.15) is 0 Å². The smallest absolute Gasteiger partial charge is 0.00950 e. The molecule has 1 atom stereocenters. The largest absolute Gasteiger partial charge is 0.317 e. The molecule has 0 spiro atoms. The maximum atomic E-state index is 3.48. The van der Waals surface area contributed by atoms with Crippen LogP contribution in [0.5, 0.6) is 0 Å². The van der Waals surface area contributed by atoms with E-state index in [1.165, 1.54) is 58.0 Å². The third-order valence-corrected chi connectivity index (χ3v) is 4.00. The highest BCUT2D eigenvalue weighted by Crippen LogP contribution is 2.24. The molecule has 2 heteroatoms. The zero-order valence-corrected chi connectivity index (χ0v) is 11.5. The van der Waals surface area contributed by atoms with Gasteiger partial charge in [0.25, 0.3) is 0 Å². The Bertz CT molecular complexity index is 164. The van der Waals surface area contributed by atoms with Gasteiger partial charge in [-0.15, -0.1) is 0 Å². The van der Waals surface area contributed by atoms with Crippen LogP contribution in [0.3, 0.4) is 0 Å². The first-order chi connectivity index (χ1) is 7.75. The van der Waals surface area contributed by atoms with Gasteiger partial charge in [0.15, 0.2) is 0 Å². The molecule has 1 rings (SSSR count). The normalized spacial score (nSPS) is 19.5. The van der Waals surface area contributed by atoms with Crippen molar-refractivity contribution in [3.63, 3.8) is 0 Å². The van der Waals surface area contributed by atoms with Crippen LogP contribution in [0.4, 0.5) is 0 Å². The Hall–Kier alpha value is -0.0800. The molecular weight excluding hydrogens is 196 g/mol. The van der Waals surface area contributed by atoms with Crippen LogP contribution in [0.2, 0.25) is 0 Å². The summed E-state index contributed by atoms with van der Waals surface area (Å²) >= 11 is 0. The van der Waals surface area contributed by atoms with Gasteiger partial charge in [0.2, 0.25) is 0 Å². The van der Waals surface area contributed by atoms with Crippen LogP contribution in [0, 0.1) is 0 Å². The summed E-state index contributed by atoms with van der Waals surface area (Å²) in [7, 11) is 2.32. The van der Waals surface area contributed by atoms with Crippen LogP contribution in [0.15, 0.2) is 0 Å². The maximum Gasteiger partial charge on any atom is 0.00950 e. The molecule has 1 fully saturated rings. The average Bonchev–Trinajstić information content (AvgIpc) is 2.81. The summed E-state index contributed by atoms with van der Waals surface area (Å²) in [6.45, 7) is 6.98. The summed E-state index contributed by atoms with van der Waals surface area (Å²) in [5, 5.41) is 3.48. The monoisotopic (exact) mass is 226 g/mol. The van der Waals surface area contributed by atoms with Gasteiger partial charge in [0, 0.05) is 12.1 Å². The van der Waals surface area contributed by atoms with Crippen molar-refractivity contribution in [2.45, 2.75) is 70.9 Å². The van der Waals surface area contributed by atoms with Crippen molar-refractivity contribution in [2.24, 2.45) is 0 Å². The number of nitrogens with one attached hydrogen (secondary N) is 1. The first-order valence-corrected chi connectivity index (χ1v) is 7.18. The van der Waals surface area contributed by atoms with E-state index >= 15 is 0 Å². The van der Waals surface area contributed by atoms with Crippen molar-refractivity contribution in [3.05, 3.63) is 0 Å². The van der Waals surface area contributed by atoms with E-state index in [0.717, 1.165) is 12.1 Å². The lowest BCUT2D eigenvalue weighted by atomic mass is 10.1. The molecule has 0 radical (unpaired) electrons. The van der Waals surface area contributed by atoms with E-state index in [2.05, 4.69) is 31.1 Å². The lowest BCUT2D eigenvalue weighted by molar-refractivity contribution is 0.176. The Kier molecular flexibility index (Phi) is 7.06. The predicted molar refractivity (Wildman–Crippen MR) is 71.9 cm³/mol. The van der Waals surface area contributed by atoms with E-state index in [1.807, 2.05) is 0 Å². The fourth-order valence-corrected chi connectivity index (χ4v) is 2.70. The van der Waals surface area contributed by atoms with E-state index in [1.54, 1.807) is 0 Å². The minimum Gasteiger partial charge on any atom is -0.317 e. The van der Waals surface area contributed by atoms with Crippen LogP contribution >= 0.6 is 0 Å². The molecule has 0 aromatic rings. The minimum atomic E-state index is 0.756. The molecule has 1 saturated carbocycles. The van der Waals surface area contributed by atoms with Gasteiger partial charge >= 0.3 is 0 Å². The Labute approximate surface area is 102 Å². The SMILES string of the molecule is CCCNCCCC(C)N(C)C1CCCC1. The molecule has 1 unspecified atom stereocenters. The Morgan fingerprint density at radius 3 is 2.56 bits per heavy atom. The number of hydrogen-bond donors (Lipinski definition) is 1. The summed E-state index contributed by atoms with van der Waals surface area (Å²) < 4.78 is 0. The molecule has 0 aromatic heterocycles. The zero-order valence-electron chi connectivity index (χ0n) is 11.5. The number of nitrogens with zero attached hydrogens (tertiary/aromatic N) is 1. The van der Waals surface area contributed by atoms with Crippen molar-refractivity contribution in [2.75, 3.05) is 20.1 Å². The zero-order chi connectivity index (χ0) is 11.8. The summed E-state index contributed by atoms with van der Waals surface area (Å²) in [6.07, 6.45) is 9.64. The topological polar surface area (TPSA) is 15.3 Å². The van der Waals surface area contributed by atoms with E-state index in [9.17, 15) is 0 Å². The number of hydrogen-bond acceptors (Lipinski definition) is 2. The van der Waals surface area contributed by atoms with Crippen LogP contribution < -0.4 is 5.32 Å². The Morgan fingerprint density at radius 2 is 1.94 bits per heavy atom. The molecule has 0 bridgehead atoms. The first kappa shape index (κ1) is 14.0. The van der Waals surface area contributed by atoms with E-state index < -0.39 is 0 Å². The van der Waals surface area contributed by atoms with Gasteiger partial charge < -0.3 is 10.2 Å². The maximum absolute atomic E-state index is 3.48. The fourth-order valence-electron chi connectivity index (χ4n) is 2.70. The predicted octanol–water partition coefficient (Wildman–Crippen LogP) is 3.03. The second kappa shape index (κ2) is 8.08. The van der Waals surface area contributed by atoms with Crippen molar-refractivity contribution in [1.29, 1.82) is 0 Å². The van der Waals surface area contributed by atoms with E-state index in [0.29, 0.717) is 0 Å². The molecule has 1 aliphatic rings. The highest BCUT2D eigenvalue weighted by Gasteiger charge is 2.22. The van der Waals surface area contributed by atoms with Crippen LogP contribution in [0.25, 0.3) is 0 Å². The molecule has 0 aliphatic heterocycles. The molecule has 2 nitrogen and oxygen atoms in total. The second-order valence-corrected chi connectivity index (χ2v) is 5.34. The summed E-state index contributed by atoms with van der Waals surface area (Å²) in [4.78, 5) is 2.62. The first-order valence-electron chi connectivity index (χ1n) is 7.18. The lowest BCUT2D eigenvalue weighted by Gasteiger charge is -2.30. The molecule has 1 aliphatic carbocycles.